The molecular formula is C17H21N5. The molecule has 0 aromatic rings. The molecule has 0 saturated heterocycles. The molecule has 3 atom stereocenters. The molecule has 114 valence electrons. The summed E-state index contributed by atoms with van der Waals surface area (Å²) < 4.78 is 0. The van der Waals surface area contributed by atoms with E-state index >= 15 is 0 Å². The number of rotatable bonds is 11. The SMILES string of the molecule is N#CCCC(C#N)CCCC(C#N)CCC(C#N)CCC#N. The predicted octanol–water partition coefficient (Wildman–Crippen LogP) is 3.96. The molecule has 3 unspecified atom stereocenters. The molecule has 0 spiro atoms. The molecule has 0 radical (unpaired) electrons. The first kappa shape index (κ1) is 19.4. The molecule has 0 aromatic heterocycles. The van der Waals surface area contributed by atoms with Crippen LogP contribution in [0.1, 0.15) is 57.8 Å². The van der Waals surface area contributed by atoms with E-state index in [0.29, 0.717) is 44.9 Å². The van der Waals surface area contributed by atoms with Gasteiger partial charge in [0.05, 0.1) is 30.3 Å². The van der Waals surface area contributed by atoms with Crippen molar-refractivity contribution in [3.05, 3.63) is 0 Å². The van der Waals surface area contributed by atoms with Gasteiger partial charge in [0.1, 0.15) is 0 Å². The van der Waals surface area contributed by atoms with Crippen molar-refractivity contribution in [3.8, 4) is 30.3 Å². The Balaban J connectivity index is 4.05. The molecule has 22 heavy (non-hydrogen) atoms. The predicted molar refractivity (Wildman–Crippen MR) is 80.1 cm³/mol. The van der Waals surface area contributed by atoms with Crippen molar-refractivity contribution in [1.29, 1.82) is 26.3 Å². The molecule has 0 aliphatic carbocycles. The zero-order valence-electron chi connectivity index (χ0n) is 12.8. The maximum absolute atomic E-state index is 9.16. The number of nitriles is 5. The molecular weight excluding hydrogens is 274 g/mol. The molecule has 0 rings (SSSR count). The summed E-state index contributed by atoms with van der Waals surface area (Å²) in [5, 5.41) is 44.2. The second kappa shape index (κ2) is 13.4. The van der Waals surface area contributed by atoms with Gasteiger partial charge in [0.15, 0.2) is 0 Å². The van der Waals surface area contributed by atoms with Crippen molar-refractivity contribution in [1.82, 2.24) is 0 Å². The van der Waals surface area contributed by atoms with E-state index in [-0.39, 0.29) is 17.8 Å². The summed E-state index contributed by atoms with van der Waals surface area (Å²) in [6.45, 7) is 0. The highest BCUT2D eigenvalue weighted by molar-refractivity contribution is 4.90. The van der Waals surface area contributed by atoms with Crippen LogP contribution in [0.5, 0.6) is 0 Å². The Bertz CT molecular complexity index is 506. The highest BCUT2D eigenvalue weighted by Gasteiger charge is 2.14. The van der Waals surface area contributed by atoms with Crippen LogP contribution in [0.2, 0.25) is 0 Å². The van der Waals surface area contributed by atoms with Crippen LogP contribution in [0.4, 0.5) is 0 Å². The van der Waals surface area contributed by atoms with Crippen molar-refractivity contribution in [2.24, 2.45) is 17.8 Å². The molecule has 0 fully saturated rings. The van der Waals surface area contributed by atoms with E-state index in [1.807, 2.05) is 12.1 Å². The zero-order valence-corrected chi connectivity index (χ0v) is 12.8. The van der Waals surface area contributed by atoms with Crippen LogP contribution in [-0.2, 0) is 0 Å². The minimum absolute atomic E-state index is 0.103. The van der Waals surface area contributed by atoms with Gasteiger partial charge in [-0.2, -0.15) is 26.3 Å². The summed E-state index contributed by atoms with van der Waals surface area (Å²) in [5.41, 5.74) is 0. The summed E-state index contributed by atoms with van der Waals surface area (Å²) >= 11 is 0. The van der Waals surface area contributed by atoms with Gasteiger partial charge in [0.2, 0.25) is 0 Å². The molecule has 5 nitrogen and oxygen atoms in total. The van der Waals surface area contributed by atoms with Crippen molar-refractivity contribution >= 4 is 0 Å². The smallest absolute Gasteiger partial charge is 0.0656 e. The third kappa shape index (κ3) is 9.37. The maximum atomic E-state index is 9.16. The summed E-state index contributed by atoms with van der Waals surface area (Å²) in [7, 11) is 0. The standard InChI is InChI=1S/C17H21N5/c18-10-2-6-15(12-20)4-1-5-16(13-21)8-9-17(14-22)7-3-11-19/h15-17H,1-9H2. The van der Waals surface area contributed by atoms with E-state index in [1.165, 1.54) is 0 Å². The van der Waals surface area contributed by atoms with E-state index in [2.05, 4.69) is 18.2 Å². The fourth-order valence-electron chi connectivity index (χ4n) is 2.31. The minimum Gasteiger partial charge on any atom is -0.198 e. The van der Waals surface area contributed by atoms with E-state index < -0.39 is 0 Å². The average Bonchev–Trinajstić information content (AvgIpc) is 2.55. The Hall–Kier alpha value is -2.55. The van der Waals surface area contributed by atoms with Crippen LogP contribution in [0, 0.1) is 74.4 Å². The van der Waals surface area contributed by atoms with E-state index in [4.69, 9.17) is 26.3 Å². The Morgan fingerprint density at radius 2 is 0.864 bits per heavy atom. The molecule has 0 amide bonds. The van der Waals surface area contributed by atoms with Crippen molar-refractivity contribution in [3.63, 3.8) is 0 Å². The fourth-order valence-corrected chi connectivity index (χ4v) is 2.31. The molecule has 5 heteroatoms. The molecule has 0 aliphatic rings. The zero-order chi connectivity index (χ0) is 16.6. The Morgan fingerprint density at radius 1 is 0.500 bits per heavy atom. The summed E-state index contributed by atoms with van der Waals surface area (Å²) in [4.78, 5) is 0. The lowest BCUT2D eigenvalue weighted by molar-refractivity contribution is 0.432. The number of hydrogen-bond donors (Lipinski definition) is 0. The van der Waals surface area contributed by atoms with Gasteiger partial charge >= 0.3 is 0 Å². The molecule has 0 heterocycles. The molecule has 0 N–H and O–H groups in total. The third-order valence-corrected chi connectivity index (χ3v) is 3.73. The molecule has 0 aromatic carbocycles. The first-order chi connectivity index (χ1) is 10.7. The van der Waals surface area contributed by atoms with Gasteiger partial charge in [-0.1, -0.05) is 6.42 Å². The van der Waals surface area contributed by atoms with Crippen LogP contribution in [0.15, 0.2) is 0 Å². The first-order valence-electron chi connectivity index (χ1n) is 7.64. The summed E-state index contributed by atoms with van der Waals surface area (Å²) in [6.07, 6.45) is 5.45. The van der Waals surface area contributed by atoms with Gasteiger partial charge in [-0.15, -0.1) is 0 Å². The Labute approximate surface area is 133 Å². The van der Waals surface area contributed by atoms with Gasteiger partial charge in [-0.25, -0.2) is 0 Å². The quantitative estimate of drug-likeness (QED) is 0.571. The van der Waals surface area contributed by atoms with Crippen LogP contribution < -0.4 is 0 Å². The average molecular weight is 295 g/mol. The second-order valence-electron chi connectivity index (χ2n) is 5.38. The molecule has 0 aliphatic heterocycles. The van der Waals surface area contributed by atoms with Crippen LogP contribution in [-0.4, -0.2) is 0 Å². The van der Waals surface area contributed by atoms with Gasteiger partial charge in [-0.05, 0) is 38.5 Å². The van der Waals surface area contributed by atoms with Crippen molar-refractivity contribution < 1.29 is 0 Å². The maximum Gasteiger partial charge on any atom is 0.0656 e. The van der Waals surface area contributed by atoms with Gasteiger partial charge in [-0.3, -0.25) is 0 Å². The summed E-state index contributed by atoms with van der Waals surface area (Å²) in [5.74, 6) is -0.368. The lowest BCUT2D eigenvalue weighted by atomic mass is 9.89. The van der Waals surface area contributed by atoms with E-state index in [1.54, 1.807) is 0 Å². The second-order valence-corrected chi connectivity index (χ2v) is 5.38. The topological polar surface area (TPSA) is 119 Å². The first-order valence-corrected chi connectivity index (χ1v) is 7.64. The third-order valence-electron chi connectivity index (χ3n) is 3.73. The lowest BCUT2D eigenvalue weighted by Crippen LogP contribution is -2.05. The normalized spacial score (nSPS) is 13.4. The van der Waals surface area contributed by atoms with Crippen LogP contribution in [0.3, 0.4) is 0 Å². The van der Waals surface area contributed by atoms with Crippen molar-refractivity contribution in [2.45, 2.75) is 57.8 Å². The van der Waals surface area contributed by atoms with Gasteiger partial charge in [0.25, 0.3) is 0 Å². The monoisotopic (exact) mass is 295 g/mol. The van der Waals surface area contributed by atoms with Crippen LogP contribution in [0.25, 0.3) is 0 Å². The number of nitrogens with zero attached hydrogens (tertiary/aromatic N) is 5. The van der Waals surface area contributed by atoms with Gasteiger partial charge < -0.3 is 0 Å². The molecule has 0 bridgehead atoms. The van der Waals surface area contributed by atoms with E-state index in [9.17, 15) is 0 Å². The largest absolute Gasteiger partial charge is 0.198 e. The number of hydrogen-bond acceptors (Lipinski definition) is 5. The van der Waals surface area contributed by atoms with Crippen LogP contribution >= 0.6 is 0 Å². The Kier molecular flexibility index (Phi) is 11.9. The fraction of sp³-hybridized carbons (Fsp3) is 0.706. The van der Waals surface area contributed by atoms with Gasteiger partial charge in [0, 0.05) is 30.6 Å². The van der Waals surface area contributed by atoms with E-state index in [0.717, 1.165) is 12.8 Å². The lowest BCUT2D eigenvalue weighted by Gasteiger charge is -2.12. The summed E-state index contributed by atoms with van der Waals surface area (Å²) in [6, 6.07) is 10.7. The molecule has 0 saturated carbocycles. The highest BCUT2D eigenvalue weighted by Crippen LogP contribution is 2.22. The van der Waals surface area contributed by atoms with Crippen molar-refractivity contribution in [2.75, 3.05) is 0 Å². The minimum atomic E-state index is -0.155. The Morgan fingerprint density at radius 3 is 1.23 bits per heavy atom. The highest BCUT2D eigenvalue weighted by atomic mass is 14.3.